The second-order valence-corrected chi connectivity index (χ2v) is 6.43. The molecule has 4 rings (SSSR count). The van der Waals surface area contributed by atoms with E-state index >= 15 is 0 Å². The minimum absolute atomic E-state index is 0.295. The Bertz CT molecular complexity index is 816. The zero-order valence-electron chi connectivity index (χ0n) is 13.3. The van der Waals surface area contributed by atoms with E-state index in [1.54, 1.807) is 11.3 Å². The van der Waals surface area contributed by atoms with Crippen LogP contribution in [0, 0.1) is 0 Å². The van der Waals surface area contributed by atoms with Crippen molar-refractivity contribution in [2.45, 2.75) is 20.0 Å². The normalized spacial score (nSPS) is 12.9. The molecule has 6 nitrogen and oxygen atoms in total. The van der Waals surface area contributed by atoms with Crippen LogP contribution in [0.3, 0.4) is 0 Å². The highest BCUT2D eigenvalue weighted by atomic mass is 32.1. The first-order valence-electron chi connectivity index (χ1n) is 7.79. The molecule has 0 N–H and O–H groups in total. The van der Waals surface area contributed by atoms with E-state index in [2.05, 4.69) is 28.0 Å². The van der Waals surface area contributed by atoms with Crippen molar-refractivity contribution >= 4 is 11.3 Å². The van der Waals surface area contributed by atoms with Crippen LogP contribution in [0.5, 0.6) is 11.5 Å². The smallest absolute Gasteiger partial charge is 0.241 e. The van der Waals surface area contributed by atoms with E-state index in [9.17, 15) is 0 Å². The van der Waals surface area contributed by atoms with Crippen LogP contribution in [0.4, 0.5) is 0 Å². The Labute approximate surface area is 143 Å². The lowest BCUT2D eigenvalue weighted by atomic mass is 10.2. The molecule has 0 bridgehead atoms. The summed E-state index contributed by atoms with van der Waals surface area (Å²) in [4.78, 5) is 7.74. The maximum absolute atomic E-state index is 5.44. The molecule has 0 fully saturated rings. The SMILES string of the molecule is CCN(Cc1ccc2c(c1)OCO2)Cc1nc(-c2cccs2)no1. The largest absolute Gasteiger partial charge is 0.454 e. The van der Waals surface area contributed by atoms with Gasteiger partial charge in [0.2, 0.25) is 18.5 Å². The summed E-state index contributed by atoms with van der Waals surface area (Å²) in [6.45, 7) is 4.69. The van der Waals surface area contributed by atoms with E-state index in [4.69, 9.17) is 14.0 Å². The van der Waals surface area contributed by atoms with Gasteiger partial charge < -0.3 is 14.0 Å². The molecular formula is C17H17N3O3S. The quantitative estimate of drug-likeness (QED) is 0.682. The van der Waals surface area contributed by atoms with Crippen molar-refractivity contribution in [3.8, 4) is 22.2 Å². The Hall–Kier alpha value is -2.38. The fraction of sp³-hybridized carbons (Fsp3) is 0.294. The summed E-state index contributed by atoms with van der Waals surface area (Å²) in [6, 6.07) is 10.0. The van der Waals surface area contributed by atoms with Gasteiger partial charge in [-0.1, -0.05) is 24.2 Å². The van der Waals surface area contributed by atoms with Crippen LogP contribution < -0.4 is 9.47 Å². The summed E-state index contributed by atoms with van der Waals surface area (Å²) in [5.41, 5.74) is 1.17. The molecule has 0 radical (unpaired) electrons. The van der Waals surface area contributed by atoms with Crippen LogP contribution in [0.2, 0.25) is 0 Å². The van der Waals surface area contributed by atoms with E-state index in [0.29, 0.717) is 25.1 Å². The van der Waals surface area contributed by atoms with Gasteiger partial charge in [-0.3, -0.25) is 4.90 Å². The molecule has 2 aromatic heterocycles. The fourth-order valence-corrected chi connectivity index (χ4v) is 3.24. The number of aromatic nitrogens is 2. The number of hydrogen-bond donors (Lipinski definition) is 0. The number of benzene rings is 1. The molecule has 124 valence electrons. The maximum atomic E-state index is 5.44. The average molecular weight is 343 g/mol. The number of nitrogens with zero attached hydrogens (tertiary/aromatic N) is 3. The first kappa shape index (κ1) is 15.2. The van der Waals surface area contributed by atoms with Crippen molar-refractivity contribution in [2.75, 3.05) is 13.3 Å². The third-order valence-corrected chi connectivity index (χ3v) is 4.72. The van der Waals surface area contributed by atoms with Gasteiger partial charge in [0.15, 0.2) is 11.5 Å². The first-order valence-corrected chi connectivity index (χ1v) is 8.67. The van der Waals surface area contributed by atoms with Crippen molar-refractivity contribution in [3.05, 3.63) is 47.2 Å². The molecule has 0 unspecified atom stereocenters. The summed E-state index contributed by atoms with van der Waals surface area (Å²) in [7, 11) is 0. The minimum atomic E-state index is 0.295. The molecule has 0 saturated carbocycles. The fourth-order valence-electron chi connectivity index (χ4n) is 2.59. The highest BCUT2D eigenvalue weighted by Crippen LogP contribution is 2.33. The molecule has 3 aromatic rings. The van der Waals surface area contributed by atoms with Gasteiger partial charge in [0.25, 0.3) is 0 Å². The van der Waals surface area contributed by atoms with Crippen LogP contribution in [0.15, 0.2) is 40.2 Å². The van der Waals surface area contributed by atoms with Crippen LogP contribution >= 0.6 is 11.3 Å². The van der Waals surface area contributed by atoms with Gasteiger partial charge in [-0.15, -0.1) is 11.3 Å². The molecule has 1 aliphatic rings. The third-order valence-electron chi connectivity index (χ3n) is 3.86. The molecule has 1 aromatic carbocycles. The summed E-state index contributed by atoms with van der Waals surface area (Å²) in [5.74, 6) is 2.89. The van der Waals surface area contributed by atoms with Crippen molar-refractivity contribution in [3.63, 3.8) is 0 Å². The van der Waals surface area contributed by atoms with E-state index in [-0.39, 0.29) is 0 Å². The van der Waals surface area contributed by atoms with Crippen molar-refractivity contribution in [1.29, 1.82) is 0 Å². The van der Waals surface area contributed by atoms with Gasteiger partial charge in [-0.2, -0.15) is 4.98 Å². The molecule has 0 amide bonds. The Balaban J connectivity index is 1.44. The van der Waals surface area contributed by atoms with E-state index < -0.39 is 0 Å². The molecule has 1 aliphatic heterocycles. The van der Waals surface area contributed by atoms with Crippen molar-refractivity contribution in [1.82, 2.24) is 15.0 Å². The highest BCUT2D eigenvalue weighted by Gasteiger charge is 2.16. The highest BCUT2D eigenvalue weighted by molar-refractivity contribution is 7.13. The van der Waals surface area contributed by atoms with Gasteiger partial charge in [0.1, 0.15) is 0 Å². The van der Waals surface area contributed by atoms with Crippen LogP contribution in [0.1, 0.15) is 18.4 Å². The molecule has 0 saturated heterocycles. The molecule has 0 spiro atoms. The Kier molecular flexibility index (Phi) is 4.18. The Morgan fingerprint density at radius 1 is 1.17 bits per heavy atom. The molecular weight excluding hydrogens is 326 g/mol. The summed E-state index contributed by atoms with van der Waals surface area (Å²) in [5, 5.41) is 6.06. The molecule has 24 heavy (non-hydrogen) atoms. The molecule has 7 heteroatoms. The van der Waals surface area contributed by atoms with Gasteiger partial charge >= 0.3 is 0 Å². The summed E-state index contributed by atoms with van der Waals surface area (Å²) >= 11 is 1.60. The second kappa shape index (κ2) is 6.62. The maximum Gasteiger partial charge on any atom is 0.241 e. The number of ether oxygens (including phenoxy) is 2. The topological polar surface area (TPSA) is 60.6 Å². The Morgan fingerprint density at radius 2 is 2.08 bits per heavy atom. The standard InChI is InChI=1S/C17H17N3O3S/c1-2-20(9-12-5-6-13-14(8-12)22-11-21-13)10-16-18-17(19-23-16)15-4-3-7-24-15/h3-8H,2,9-11H2,1H3. The zero-order chi connectivity index (χ0) is 16.4. The van der Waals surface area contributed by atoms with E-state index in [1.807, 2.05) is 29.6 Å². The van der Waals surface area contributed by atoms with Crippen molar-refractivity contribution in [2.24, 2.45) is 0 Å². The van der Waals surface area contributed by atoms with Gasteiger partial charge in [0, 0.05) is 6.54 Å². The number of rotatable bonds is 6. The predicted molar refractivity (Wildman–Crippen MR) is 90.0 cm³/mol. The van der Waals surface area contributed by atoms with E-state index in [0.717, 1.165) is 29.5 Å². The van der Waals surface area contributed by atoms with Gasteiger partial charge in [-0.05, 0) is 35.7 Å². The van der Waals surface area contributed by atoms with Gasteiger partial charge in [-0.25, -0.2) is 0 Å². The average Bonchev–Trinajstić information content (AvgIpc) is 3.34. The minimum Gasteiger partial charge on any atom is -0.454 e. The molecule has 0 aliphatic carbocycles. The number of hydrogen-bond acceptors (Lipinski definition) is 7. The van der Waals surface area contributed by atoms with Crippen molar-refractivity contribution < 1.29 is 14.0 Å². The van der Waals surface area contributed by atoms with Crippen LogP contribution in [0.25, 0.3) is 10.7 Å². The molecule has 0 atom stereocenters. The summed E-state index contributed by atoms with van der Waals surface area (Å²) in [6.07, 6.45) is 0. The van der Waals surface area contributed by atoms with E-state index in [1.165, 1.54) is 5.56 Å². The van der Waals surface area contributed by atoms with Crippen LogP contribution in [-0.2, 0) is 13.1 Å². The number of thiophene rings is 1. The molecule has 3 heterocycles. The van der Waals surface area contributed by atoms with Gasteiger partial charge in [0.05, 0.1) is 11.4 Å². The number of fused-ring (bicyclic) bond motifs is 1. The third kappa shape index (κ3) is 3.13. The Morgan fingerprint density at radius 3 is 2.92 bits per heavy atom. The lowest BCUT2D eigenvalue weighted by Gasteiger charge is -2.18. The van der Waals surface area contributed by atoms with Crippen LogP contribution in [-0.4, -0.2) is 28.4 Å². The monoisotopic (exact) mass is 343 g/mol. The first-order chi connectivity index (χ1) is 11.8. The predicted octanol–water partition coefficient (Wildman–Crippen LogP) is 3.55. The lowest BCUT2D eigenvalue weighted by Crippen LogP contribution is -2.22. The zero-order valence-corrected chi connectivity index (χ0v) is 14.1. The second-order valence-electron chi connectivity index (χ2n) is 5.48. The lowest BCUT2D eigenvalue weighted by molar-refractivity contribution is 0.174. The summed E-state index contributed by atoms with van der Waals surface area (Å²) < 4.78 is 16.2.